The van der Waals surface area contributed by atoms with Gasteiger partial charge in [0.25, 0.3) is 0 Å². The fraction of sp³-hybridized carbons (Fsp3) is 0.250. The van der Waals surface area contributed by atoms with Gasteiger partial charge in [-0.15, -0.1) is 0 Å². The van der Waals surface area contributed by atoms with E-state index in [0.29, 0.717) is 23.5 Å². The van der Waals surface area contributed by atoms with Gasteiger partial charge in [-0.1, -0.05) is 18.2 Å². The Morgan fingerprint density at radius 3 is 2.69 bits per heavy atom. The van der Waals surface area contributed by atoms with Gasteiger partial charge in [-0.2, -0.15) is 10.5 Å². The molecular weight excluding hydrogens is 328 g/mol. The van der Waals surface area contributed by atoms with Gasteiger partial charge >= 0.3 is 6.02 Å². The zero-order valence-corrected chi connectivity index (χ0v) is 14.6. The molecule has 1 atom stereocenters. The van der Waals surface area contributed by atoms with E-state index in [9.17, 15) is 5.26 Å². The molecular formula is C20H18N4O2. The van der Waals surface area contributed by atoms with Crippen LogP contribution in [-0.4, -0.2) is 11.6 Å². The molecule has 3 rings (SSSR count). The summed E-state index contributed by atoms with van der Waals surface area (Å²) in [7, 11) is 0. The van der Waals surface area contributed by atoms with Crippen molar-refractivity contribution in [1.29, 1.82) is 10.5 Å². The van der Waals surface area contributed by atoms with Gasteiger partial charge in [-0.25, -0.2) is 10.3 Å². The molecule has 1 N–H and O–H groups in total. The van der Waals surface area contributed by atoms with E-state index < -0.39 is 5.60 Å². The molecule has 2 aromatic carbocycles. The first kappa shape index (κ1) is 17.3. The van der Waals surface area contributed by atoms with Crippen molar-refractivity contribution in [1.82, 2.24) is 5.32 Å². The molecule has 0 saturated heterocycles. The number of para-hydroxylation sites is 1. The number of ether oxygens (including phenoxy) is 2. The molecule has 0 aromatic heterocycles. The molecule has 0 radical (unpaired) electrons. The predicted octanol–water partition coefficient (Wildman–Crippen LogP) is 3.67. The third kappa shape index (κ3) is 3.93. The molecule has 1 unspecified atom stereocenters. The summed E-state index contributed by atoms with van der Waals surface area (Å²) < 4.78 is 11.7. The summed E-state index contributed by atoms with van der Waals surface area (Å²) in [6.45, 7) is 3.96. The number of rotatable bonds is 2. The highest BCUT2D eigenvalue weighted by atomic mass is 16.5. The monoisotopic (exact) mass is 346 g/mol. The Kier molecular flexibility index (Phi) is 4.77. The number of aliphatic imine (C=N–C) groups is 1. The summed E-state index contributed by atoms with van der Waals surface area (Å²) in [6.07, 6.45) is 2.44. The Morgan fingerprint density at radius 1 is 1.23 bits per heavy atom. The third-order valence-corrected chi connectivity index (χ3v) is 3.96. The lowest BCUT2D eigenvalue weighted by Gasteiger charge is -2.36. The van der Waals surface area contributed by atoms with Gasteiger partial charge in [-0.3, -0.25) is 0 Å². The molecule has 130 valence electrons. The lowest BCUT2D eigenvalue weighted by molar-refractivity contribution is 0.0729. The molecule has 0 fully saturated rings. The molecule has 6 heteroatoms. The highest BCUT2D eigenvalue weighted by Gasteiger charge is 2.34. The van der Waals surface area contributed by atoms with Crippen molar-refractivity contribution >= 4 is 6.02 Å². The van der Waals surface area contributed by atoms with Gasteiger partial charge in [0, 0.05) is 12.0 Å². The Balaban J connectivity index is 1.99. The van der Waals surface area contributed by atoms with Crippen LogP contribution >= 0.6 is 0 Å². The van der Waals surface area contributed by atoms with E-state index in [1.165, 1.54) is 0 Å². The number of fused-ring (bicyclic) bond motifs is 1. The van der Waals surface area contributed by atoms with E-state index in [1.54, 1.807) is 30.3 Å². The van der Waals surface area contributed by atoms with Gasteiger partial charge in [0.1, 0.15) is 17.1 Å². The Hall–Kier alpha value is -3.51. The van der Waals surface area contributed by atoms with Crippen LogP contribution in [0.2, 0.25) is 0 Å². The van der Waals surface area contributed by atoms with E-state index in [-0.39, 0.29) is 12.1 Å². The minimum atomic E-state index is -0.431. The molecule has 0 aliphatic carbocycles. The normalized spacial score (nSPS) is 17.8. The van der Waals surface area contributed by atoms with Crippen LogP contribution in [0.3, 0.4) is 0 Å². The molecule has 1 heterocycles. The number of hydrogen-bond acceptors (Lipinski definition) is 5. The summed E-state index contributed by atoms with van der Waals surface area (Å²) in [4.78, 5) is 4.60. The summed E-state index contributed by atoms with van der Waals surface area (Å²) in [5.41, 5.74) is 0.906. The molecule has 2 aromatic rings. The van der Waals surface area contributed by atoms with Gasteiger partial charge in [-0.05, 0) is 44.2 Å². The van der Waals surface area contributed by atoms with Crippen LogP contribution < -0.4 is 14.8 Å². The van der Waals surface area contributed by atoms with Crippen LogP contribution in [0.1, 0.15) is 37.4 Å². The van der Waals surface area contributed by atoms with E-state index in [0.717, 1.165) is 5.56 Å². The van der Waals surface area contributed by atoms with Gasteiger partial charge in [0.15, 0.2) is 6.19 Å². The number of amidine groups is 1. The lowest BCUT2D eigenvalue weighted by Crippen LogP contribution is -2.35. The van der Waals surface area contributed by atoms with Crippen molar-refractivity contribution in [2.75, 3.05) is 0 Å². The van der Waals surface area contributed by atoms with Crippen molar-refractivity contribution in [3.8, 4) is 23.8 Å². The average Bonchev–Trinajstić information content (AvgIpc) is 2.61. The zero-order chi connectivity index (χ0) is 18.6. The molecule has 26 heavy (non-hydrogen) atoms. The first-order valence-electron chi connectivity index (χ1n) is 8.19. The Bertz CT molecular complexity index is 908. The molecule has 0 spiro atoms. The maximum absolute atomic E-state index is 9.18. The number of nitrogens with zero attached hydrogens (tertiary/aromatic N) is 3. The quantitative estimate of drug-likeness (QED) is 0.388. The average molecular weight is 346 g/mol. The fourth-order valence-electron chi connectivity index (χ4n) is 2.88. The zero-order valence-electron chi connectivity index (χ0n) is 14.6. The number of benzene rings is 2. The molecule has 1 aliphatic rings. The van der Waals surface area contributed by atoms with E-state index in [1.807, 2.05) is 38.2 Å². The van der Waals surface area contributed by atoms with Crippen molar-refractivity contribution in [2.24, 2.45) is 4.99 Å². The highest BCUT2D eigenvalue weighted by molar-refractivity contribution is 5.78. The van der Waals surface area contributed by atoms with E-state index >= 15 is 0 Å². The predicted molar refractivity (Wildman–Crippen MR) is 96.5 cm³/mol. The lowest BCUT2D eigenvalue weighted by atomic mass is 9.89. The largest absolute Gasteiger partial charge is 0.487 e. The van der Waals surface area contributed by atoms with Crippen LogP contribution in [0.4, 0.5) is 0 Å². The Labute approximate surface area is 152 Å². The molecule has 1 aliphatic heterocycles. The van der Waals surface area contributed by atoms with E-state index in [2.05, 4.69) is 16.4 Å². The van der Waals surface area contributed by atoms with Crippen LogP contribution in [0.5, 0.6) is 11.5 Å². The number of nitrogens with one attached hydrogen (secondary N) is 1. The van der Waals surface area contributed by atoms with Crippen LogP contribution in [0, 0.1) is 22.8 Å². The minimum absolute atomic E-state index is 0.106. The van der Waals surface area contributed by atoms with Crippen LogP contribution in [0.15, 0.2) is 53.5 Å². The van der Waals surface area contributed by atoms with Crippen LogP contribution in [-0.2, 0) is 0 Å². The third-order valence-electron chi connectivity index (χ3n) is 3.96. The van der Waals surface area contributed by atoms with Crippen molar-refractivity contribution in [2.45, 2.75) is 31.9 Å². The van der Waals surface area contributed by atoms with Crippen molar-refractivity contribution in [3.05, 3.63) is 59.7 Å². The maximum Gasteiger partial charge on any atom is 0.304 e. The van der Waals surface area contributed by atoms with E-state index in [4.69, 9.17) is 14.7 Å². The van der Waals surface area contributed by atoms with Crippen LogP contribution in [0.25, 0.3) is 0 Å². The minimum Gasteiger partial charge on any atom is -0.487 e. The SMILES string of the molecule is CC1(C)CC(N=C(NC#N)Oc2ccccc2)c2cc(C#N)ccc2O1. The molecule has 0 amide bonds. The standard InChI is InChI=1S/C20H18N4O2/c1-20(2)11-17(16-10-14(12-21)8-9-18(16)26-20)24-19(23-13-22)25-15-6-4-3-5-7-15/h3-10,17H,11H2,1-2H3,(H,23,24). The highest BCUT2D eigenvalue weighted by Crippen LogP contribution is 2.42. The fourth-order valence-corrected chi connectivity index (χ4v) is 2.88. The summed E-state index contributed by atoms with van der Waals surface area (Å²) in [5, 5.41) is 20.7. The van der Waals surface area contributed by atoms with Gasteiger partial charge < -0.3 is 9.47 Å². The molecule has 0 saturated carbocycles. The summed E-state index contributed by atoms with van der Waals surface area (Å²) >= 11 is 0. The first-order valence-corrected chi connectivity index (χ1v) is 8.19. The topological polar surface area (TPSA) is 90.4 Å². The second-order valence-corrected chi connectivity index (χ2v) is 6.53. The smallest absolute Gasteiger partial charge is 0.304 e. The van der Waals surface area contributed by atoms with Crippen molar-refractivity contribution in [3.63, 3.8) is 0 Å². The summed E-state index contributed by atoms with van der Waals surface area (Å²) in [6, 6.07) is 16.3. The second kappa shape index (κ2) is 7.16. The van der Waals surface area contributed by atoms with Gasteiger partial charge in [0.2, 0.25) is 0 Å². The first-order chi connectivity index (χ1) is 12.5. The number of hydrogen-bond donors (Lipinski definition) is 1. The maximum atomic E-state index is 9.18. The molecule has 6 nitrogen and oxygen atoms in total. The second-order valence-electron chi connectivity index (χ2n) is 6.53. The van der Waals surface area contributed by atoms with Crippen molar-refractivity contribution < 1.29 is 9.47 Å². The summed E-state index contributed by atoms with van der Waals surface area (Å²) in [5.74, 6) is 1.26. The number of nitriles is 2. The van der Waals surface area contributed by atoms with Gasteiger partial charge in [0.05, 0.1) is 17.7 Å². The Morgan fingerprint density at radius 2 is 2.00 bits per heavy atom. The molecule has 0 bridgehead atoms.